The molecule has 98 valence electrons. The van der Waals surface area contributed by atoms with E-state index < -0.39 is 5.54 Å². The molecule has 1 aromatic rings. The number of thioether (sulfide) groups is 1. The Labute approximate surface area is 114 Å². The highest BCUT2D eigenvalue weighted by Crippen LogP contribution is 2.25. The second kappa shape index (κ2) is 7.30. The topological polar surface area (TPSA) is 45.0 Å². The summed E-state index contributed by atoms with van der Waals surface area (Å²) in [4.78, 5) is 1.17. The predicted molar refractivity (Wildman–Crippen MR) is 76.0 cm³/mol. The number of nitriles is 1. The summed E-state index contributed by atoms with van der Waals surface area (Å²) in [6.45, 7) is 4.78. The van der Waals surface area contributed by atoms with Gasteiger partial charge in [0.25, 0.3) is 0 Å². The Morgan fingerprint density at radius 1 is 1.50 bits per heavy atom. The van der Waals surface area contributed by atoms with Gasteiger partial charge in [-0.1, -0.05) is 13.0 Å². The average molecular weight is 264 g/mol. The molecule has 0 saturated heterocycles. The first-order chi connectivity index (χ1) is 8.63. The molecule has 0 aromatic heterocycles. The van der Waals surface area contributed by atoms with Gasteiger partial charge in [0, 0.05) is 10.6 Å². The Hall–Kier alpha value is -1.18. The van der Waals surface area contributed by atoms with E-state index >= 15 is 0 Å². The largest absolute Gasteiger partial charge is 0.497 e. The number of benzene rings is 1. The molecule has 0 heterocycles. The highest BCUT2D eigenvalue weighted by molar-refractivity contribution is 7.99. The van der Waals surface area contributed by atoms with Gasteiger partial charge in [0.05, 0.1) is 13.2 Å². The average Bonchev–Trinajstić information content (AvgIpc) is 2.39. The first-order valence-electron chi connectivity index (χ1n) is 6.06. The molecule has 18 heavy (non-hydrogen) atoms. The van der Waals surface area contributed by atoms with Crippen LogP contribution in [0.25, 0.3) is 0 Å². The molecule has 3 nitrogen and oxygen atoms in total. The molecule has 0 fully saturated rings. The first-order valence-corrected chi connectivity index (χ1v) is 7.05. The van der Waals surface area contributed by atoms with Crippen molar-refractivity contribution < 1.29 is 4.74 Å². The van der Waals surface area contributed by atoms with Crippen molar-refractivity contribution >= 4 is 11.8 Å². The first kappa shape index (κ1) is 14.9. The van der Waals surface area contributed by atoms with Gasteiger partial charge in [-0.05, 0) is 38.1 Å². The summed E-state index contributed by atoms with van der Waals surface area (Å²) < 4.78 is 5.18. The van der Waals surface area contributed by atoms with Crippen LogP contribution in [0.5, 0.6) is 5.75 Å². The lowest BCUT2D eigenvalue weighted by Crippen LogP contribution is -2.41. The highest BCUT2D eigenvalue weighted by Gasteiger charge is 2.21. The van der Waals surface area contributed by atoms with E-state index in [1.807, 2.05) is 32.0 Å². The summed E-state index contributed by atoms with van der Waals surface area (Å²) in [5, 5.41) is 12.4. The number of methoxy groups -OCH3 is 1. The Bertz CT molecular complexity index is 417. The minimum Gasteiger partial charge on any atom is -0.497 e. The van der Waals surface area contributed by atoms with Crippen LogP contribution in [0.4, 0.5) is 0 Å². The molecule has 0 amide bonds. The fraction of sp³-hybridized carbons (Fsp3) is 0.500. The lowest BCUT2D eigenvalue weighted by Gasteiger charge is -2.22. The second-order valence-corrected chi connectivity index (χ2v) is 5.42. The maximum atomic E-state index is 9.15. The smallest absolute Gasteiger partial charge is 0.119 e. The third-order valence-electron chi connectivity index (χ3n) is 2.73. The molecule has 0 aliphatic heterocycles. The predicted octanol–water partition coefficient (Wildman–Crippen LogP) is 3.07. The number of rotatable bonds is 7. The van der Waals surface area contributed by atoms with E-state index in [0.717, 1.165) is 24.5 Å². The summed E-state index contributed by atoms with van der Waals surface area (Å²) in [6.07, 6.45) is 0.819. The lowest BCUT2D eigenvalue weighted by atomic mass is 10.0. The van der Waals surface area contributed by atoms with Crippen LogP contribution >= 0.6 is 11.8 Å². The Morgan fingerprint density at radius 2 is 2.28 bits per heavy atom. The van der Waals surface area contributed by atoms with Gasteiger partial charge in [0.15, 0.2) is 0 Å². The van der Waals surface area contributed by atoms with Crippen LogP contribution in [-0.2, 0) is 0 Å². The van der Waals surface area contributed by atoms with Crippen molar-refractivity contribution in [2.45, 2.75) is 30.7 Å². The van der Waals surface area contributed by atoms with Crippen molar-refractivity contribution in [2.24, 2.45) is 0 Å². The van der Waals surface area contributed by atoms with Crippen LogP contribution in [0.2, 0.25) is 0 Å². The molecule has 0 aliphatic rings. The number of hydrogen-bond acceptors (Lipinski definition) is 4. The Balaban J connectivity index is 2.48. The van der Waals surface area contributed by atoms with E-state index in [2.05, 4.69) is 17.5 Å². The maximum Gasteiger partial charge on any atom is 0.119 e. The van der Waals surface area contributed by atoms with Gasteiger partial charge in [-0.2, -0.15) is 5.26 Å². The van der Waals surface area contributed by atoms with Gasteiger partial charge >= 0.3 is 0 Å². The van der Waals surface area contributed by atoms with E-state index in [0.29, 0.717) is 0 Å². The van der Waals surface area contributed by atoms with Crippen LogP contribution < -0.4 is 10.1 Å². The SMILES string of the molecule is CCNC(C)(C#N)CCSc1cccc(OC)c1. The van der Waals surface area contributed by atoms with Crippen LogP contribution in [0.1, 0.15) is 20.3 Å². The van der Waals surface area contributed by atoms with Crippen molar-refractivity contribution in [3.63, 3.8) is 0 Å². The molecule has 0 bridgehead atoms. The third-order valence-corrected chi connectivity index (χ3v) is 3.72. The number of ether oxygens (including phenoxy) is 1. The van der Waals surface area contributed by atoms with Gasteiger partial charge in [0.2, 0.25) is 0 Å². The summed E-state index contributed by atoms with van der Waals surface area (Å²) >= 11 is 1.75. The maximum absolute atomic E-state index is 9.15. The van der Waals surface area contributed by atoms with Crippen molar-refractivity contribution in [1.82, 2.24) is 5.32 Å². The van der Waals surface area contributed by atoms with Gasteiger partial charge in [-0.25, -0.2) is 0 Å². The van der Waals surface area contributed by atoms with Crippen LogP contribution in [0, 0.1) is 11.3 Å². The molecule has 1 unspecified atom stereocenters. The zero-order valence-electron chi connectivity index (χ0n) is 11.2. The van der Waals surface area contributed by atoms with Crippen molar-refractivity contribution in [2.75, 3.05) is 19.4 Å². The van der Waals surface area contributed by atoms with Crippen LogP contribution in [0.15, 0.2) is 29.2 Å². The summed E-state index contributed by atoms with van der Waals surface area (Å²) in [5.74, 6) is 1.78. The molecule has 1 atom stereocenters. The third kappa shape index (κ3) is 4.59. The van der Waals surface area contributed by atoms with Crippen LogP contribution in [-0.4, -0.2) is 24.9 Å². The summed E-state index contributed by atoms with van der Waals surface area (Å²) in [7, 11) is 1.67. The molecule has 0 saturated carbocycles. The summed E-state index contributed by atoms with van der Waals surface area (Å²) in [5.41, 5.74) is -0.430. The zero-order chi connectivity index (χ0) is 13.4. The molecular weight excluding hydrogens is 244 g/mol. The van der Waals surface area contributed by atoms with E-state index in [9.17, 15) is 0 Å². The molecule has 0 spiro atoms. The van der Waals surface area contributed by atoms with Gasteiger partial charge in [0.1, 0.15) is 11.3 Å². The van der Waals surface area contributed by atoms with Gasteiger partial charge in [-0.15, -0.1) is 11.8 Å². The molecule has 0 radical (unpaired) electrons. The minimum atomic E-state index is -0.430. The minimum absolute atomic E-state index is 0.430. The van der Waals surface area contributed by atoms with E-state index in [1.54, 1.807) is 18.9 Å². The Kier molecular flexibility index (Phi) is 6.03. The number of nitrogens with one attached hydrogen (secondary N) is 1. The molecule has 4 heteroatoms. The van der Waals surface area contributed by atoms with Crippen molar-refractivity contribution in [1.29, 1.82) is 5.26 Å². The lowest BCUT2D eigenvalue weighted by molar-refractivity contribution is 0.413. The molecular formula is C14H20N2OS. The van der Waals surface area contributed by atoms with Crippen LogP contribution in [0.3, 0.4) is 0 Å². The quantitative estimate of drug-likeness (QED) is 0.769. The zero-order valence-corrected chi connectivity index (χ0v) is 12.0. The standard InChI is InChI=1S/C14H20N2OS/c1-4-16-14(2,11-15)8-9-18-13-7-5-6-12(10-13)17-3/h5-7,10,16H,4,8-9H2,1-3H3. The second-order valence-electron chi connectivity index (χ2n) is 4.25. The van der Waals surface area contributed by atoms with E-state index in [1.165, 1.54) is 4.90 Å². The summed E-state index contributed by atoms with van der Waals surface area (Å²) in [6, 6.07) is 10.3. The highest BCUT2D eigenvalue weighted by atomic mass is 32.2. The van der Waals surface area contributed by atoms with E-state index in [-0.39, 0.29) is 0 Å². The molecule has 1 aromatic carbocycles. The molecule has 1 rings (SSSR count). The normalized spacial score (nSPS) is 13.7. The Morgan fingerprint density at radius 3 is 2.89 bits per heavy atom. The number of nitrogens with zero attached hydrogens (tertiary/aromatic N) is 1. The van der Waals surface area contributed by atoms with Gasteiger partial charge < -0.3 is 4.74 Å². The monoisotopic (exact) mass is 264 g/mol. The molecule has 0 aliphatic carbocycles. The molecule has 1 N–H and O–H groups in total. The fourth-order valence-electron chi connectivity index (χ4n) is 1.64. The van der Waals surface area contributed by atoms with E-state index in [4.69, 9.17) is 10.00 Å². The van der Waals surface area contributed by atoms with Crippen molar-refractivity contribution in [3.8, 4) is 11.8 Å². The fourth-order valence-corrected chi connectivity index (χ4v) is 2.76. The van der Waals surface area contributed by atoms with Crippen molar-refractivity contribution in [3.05, 3.63) is 24.3 Å². The number of hydrogen-bond donors (Lipinski definition) is 1. The van der Waals surface area contributed by atoms with Gasteiger partial charge in [-0.3, -0.25) is 5.32 Å².